The van der Waals surface area contributed by atoms with Gasteiger partial charge in [-0.25, -0.2) is 0 Å². The highest BCUT2D eigenvalue weighted by atomic mass is 79.9. The number of hydrogen-bond donors (Lipinski definition) is 1. The molecule has 3 aliphatic rings. The molecule has 30 heavy (non-hydrogen) atoms. The number of ether oxygens (including phenoxy) is 1. The van der Waals surface area contributed by atoms with Gasteiger partial charge in [0.05, 0.1) is 22.6 Å². The lowest BCUT2D eigenvalue weighted by Crippen LogP contribution is -2.38. The summed E-state index contributed by atoms with van der Waals surface area (Å²) in [6, 6.07) is 5.34. The zero-order valence-corrected chi connectivity index (χ0v) is 19.0. The Morgan fingerprint density at radius 2 is 1.77 bits per heavy atom. The summed E-state index contributed by atoms with van der Waals surface area (Å²) in [6.07, 6.45) is 0.656. The van der Waals surface area contributed by atoms with Crippen molar-refractivity contribution >= 4 is 68.5 Å². The highest BCUT2D eigenvalue weighted by molar-refractivity contribution is 9.10. The Bertz CT molecular complexity index is 910. The lowest BCUT2D eigenvalue weighted by molar-refractivity contribution is -0.154. The number of nitrogens with zero attached hydrogens (tertiary/aromatic N) is 1. The van der Waals surface area contributed by atoms with Crippen molar-refractivity contribution in [2.75, 3.05) is 18.5 Å². The zero-order chi connectivity index (χ0) is 21.7. The van der Waals surface area contributed by atoms with Crippen LogP contribution in [-0.2, 0) is 23.9 Å². The van der Waals surface area contributed by atoms with Gasteiger partial charge in [0, 0.05) is 10.2 Å². The van der Waals surface area contributed by atoms with Gasteiger partial charge in [-0.2, -0.15) is 0 Å². The Morgan fingerprint density at radius 1 is 1.17 bits per heavy atom. The number of esters is 1. The number of anilines is 1. The summed E-state index contributed by atoms with van der Waals surface area (Å²) in [6.45, 7) is 0.794. The summed E-state index contributed by atoms with van der Waals surface area (Å²) in [4.78, 5) is 50.6. The summed E-state index contributed by atoms with van der Waals surface area (Å²) >= 11 is 16.0. The van der Waals surface area contributed by atoms with Crippen molar-refractivity contribution in [2.45, 2.75) is 24.1 Å². The van der Waals surface area contributed by atoms with Gasteiger partial charge in [-0.15, -0.1) is 23.2 Å². The number of carbonyl (C=O) groups is 4. The third-order valence-electron chi connectivity index (χ3n) is 6.19. The number of alkyl halides is 2. The molecule has 4 rings (SSSR count). The first-order valence-electron chi connectivity index (χ1n) is 9.54. The number of aryl methyl sites for hydroxylation is 1. The summed E-state index contributed by atoms with van der Waals surface area (Å²) < 4.78 is 5.85. The van der Waals surface area contributed by atoms with Crippen LogP contribution >= 0.6 is 39.1 Å². The number of benzene rings is 1. The molecule has 1 heterocycles. The number of likely N-dealkylation sites (tertiary alicyclic amines) is 1. The van der Waals surface area contributed by atoms with E-state index in [9.17, 15) is 19.2 Å². The summed E-state index contributed by atoms with van der Waals surface area (Å²) in [5.74, 6) is -3.48. The Labute approximate surface area is 191 Å². The molecule has 7 nitrogen and oxygen atoms in total. The topological polar surface area (TPSA) is 92.8 Å². The van der Waals surface area contributed by atoms with E-state index in [4.69, 9.17) is 27.9 Å². The molecule has 2 aliphatic carbocycles. The molecule has 1 aromatic carbocycles. The molecule has 0 aromatic heterocycles. The Morgan fingerprint density at radius 3 is 2.33 bits per heavy atom. The molecule has 1 aromatic rings. The molecule has 1 N–H and O–H groups in total. The first kappa shape index (κ1) is 21.6. The number of amides is 3. The van der Waals surface area contributed by atoms with Crippen molar-refractivity contribution < 1.29 is 23.9 Å². The van der Waals surface area contributed by atoms with Crippen molar-refractivity contribution in [3.8, 4) is 0 Å². The van der Waals surface area contributed by atoms with Gasteiger partial charge in [0.15, 0.2) is 6.61 Å². The average Bonchev–Trinajstić information content (AvgIpc) is 3.29. The normalized spacial score (nSPS) is 31.8. The van der Waals surface area contributed by atoms with Gasteiger partial charge in [0.2, 0.25) is 11.8 Å². The van der Waals surface area contributed by atoms with E-state index in [0.717, 1.165) is 14.9 Å². The SMILES string of the molecule is Cc1cc(Br)ccc1NC(=O)COC(=O)CN1C(=O)[C@@H]2[C@H]3C[C@@H]([C@H](Cl)[C@@H]3Cl)[C@@H]2C1=O. The highest BCUT2D eigenvalue weighted by Crippen LogP contribution is 2.59. The number of fused-ring (bicyclic) bond motifs is 5. The van der Waals surface area contributed by atoms with Crippen LogP contribution in [0.2, 0.25) is 0 Å². The largest absolute Gasteiger partial charge is 0.454 e. The fourth-order valence-corrected chi connectivity index (χ4v) is 6.21. The predicted molar refractivity (Wildman–Crippen MR) is 113 cm³/mol. The zero-order valence-electron chi connectivity index (χ0n) is 15.9. The van der Waals surface area contributed by atoms with Crippen LogP contribution in [0, 0.1) is 30.6 Å². The van der Waals surface area contributed by atoms with Gasteiger partial charge in [-0.05, 0) is 48.9 Å². The van der Waals surface area contributed by atoms with Gasteiger partial charge in [0.25, 0.3) is 5.91 Å². The molecule has 6 atom stereocenters. The van der Waals surface area contributed by atoms with E-state index >= 15 is 0 Å². The van der Waals surface area contributed by atoms with Gasteiger partial charge in [-0.3, -0.25) is 24.1 Å². The van der Waals surface area contributed by atoms with Crippen molar-refractivity contribution in [1.82, 2.24) is 4.90 Å². The van der Waals surface area contributed by atoms with E-state index in [1.807, 2.05) is 13.0 Å². The van der Waals surface area contributed by atoms with Crippen LogP contribution < -0.4 is 5.32 Å². The smallest absolute Gasteiger partial charge is 0.326 e. The van der Waals surface area contributed by atoms with Gasteiger partial charge in [0.1, 0.15) is 6.54 Å². The van der Waals surface area contributed by atoms with Gasteiger partial charge in [-0.1, -0.05) is 15.9 Å². The van der Waals surface area contributed by atoms with Gasteiger partial charge >= 0.3 is 5.97 Å². The summed E-state index contributed by atoms with van der Waals surface area (Å²) in [7, 11) is 0. The summed E-state index contributed by atoms with van der Waals surface area (Å²) in [5.41, 5.74) is 1.44. The van der Waals surface area contributed by atoms with Crippen molar-refractivity contribution in [1.29, 1.82) is 0 Å². The Balaban J connectivity index is 1.32. The second kappa shape index (κ2) is 8.13. The predicted octanol–water partition coefficient (Wildman–Crippen LogP) is 2.70. The number of hydrogen-bond acceptors (Lipinski definition) is 5. The second-order valence-corrected chi connectivity index (χ2v) is 9.86. The first-order chi connectivity index (χ1) is 14.2. The monoisotopic (exact) mass is 516 g/mol. The molecular formula is C20H19BrCl2N2O5. The molecular weight excluding hydrogens is 499 g/mol. The lowest BCUT2D eigenvalue weighted by Gasteiger charge is -2.28. The van der Waals surface area contributed by atoms with E-state index < -0.39 is 48.7 Å². The van der Waals surface area contributed by atoms with Crippen LogP contribution in [-0.4, -0.2) is 52.5 Å². The second-order valence-electron chi connectivity index (χ2n) is 7.93. The van der Waals surface area contributed by atoms with Gasteiger partial charge < -0.3 is 10.1 Å². The van der Waals surface area contributed by atoms with E-state index in [0.29, 0.717) is 12.1 Å². The number of halogens is 3. The minimum atomic E-state index is -0.823. The maximum atomic E-state index is 12.7. The van der Waals surface area contributed by atoms with E-state index in [1.54, 1.807) is 12.1 Å². The van der Waals surface area contributed by atoms with Crippen LogP contribution in [0.25, 0.3) is 0 Å². The van der Waals surface area contributed by atoms with Crippen LogP contribution in [0.1, 0.15) is 12.0 Å². The number of carbonyl (C=O) groups excluding carboxylic acids is 4. The molecule has 0 spiro atoms. The maximum Gasteiger partial charge on any atom is 0.326 e. The third-order valence-corrected chi connectivity index (χ3v) is 8.00. The first-order valence-corrected chi connectivity index (χ1v) is 11.2. The minimum Gasteiger partial charge on any atom is -0.454 e. The number of rotatable bonds is 5. The quantitative estimate of drug-likeness (QED) is 0.368. The van der Waals surface area contributed by atoms with Crippen LogP contribution in [0.3, 0.4) is 0 Å². The Hall–Kier alpha value is -1.64. The fourth-order valence-electron chi connectivity index (χ4n) is 4.84. The highest BCUT2D eigenvalue weighted by Gasteiger charge is 2.66. The number of nitrogens with one attached hydrogen (secondary N) is 1. The van der Waals surface area contributed by atoms with Crippen LogP contribution in [0.4, 0.5) is 5.69 Å². The molecule has 3 fully saturated rings. The van der Waals surface area contributed by atoms with Crippen LogP contribution in [0.5, 0.6) is 0 Å². The maximum absolute atomic E-state index is 12.7. The van der Waals surface area contributed by atoms with Crippen LogP contribution in [0.15, 0.2) is 22.7 Å². The summed E-state index contributed by atoms with van der Waals surface area (Å²) in [5, 5.41) is 1.94. The van der Waals surface area contributed by atoms with E-state index in [1.165, 1.54) is 0 Å². The fraction of sp³-hybridized carbons (Fsp3) is 0.500. The standard InChI is InChI=1S/C20H19BrCl2N2O5/c1-8-4-9(21)2-3-12(8)24-13(26)7-30-14(27)6-25-19(28)15-10-5-11(16(15)20(25)29)18(23)17(10)22/h2-4,10-11,15-18H,5-7H2,1H3,(H,24,26)/t10-,11-,15-,16+,17-,18+/m1/s1. The molecule has 160 valence electrons. The van der Waals surface area contributed by atoms with Crippen molar-refractivity contribution in [3.63, 3.8) is 0 Å². The molecule has 10 heteroatoms. The van der Waals surface area contributed by atoms with Crippen molar-refractivity contribution in [3.05, 3.63) is 28.2 Å². The average molecular weight is 518 g/mol. The molecule has 2 saturated carbocycles. The molecule has 3 amide bonds. The molecule has 1 aliphatic heterocycles. The molecule has 1 saturated heterocycles. The van der Waals surface area contributed by atoms with Crippen molar-refractivity contribution in [2.24, 2.45) is 23.7 Å². The van der Waals surface area contributed by atoms with E-state index in [2.05, 4.69) is 21.2 Å². The Kier molecular flexibility index (Phi) is 5.85. The minimum absolute atomic E-state index is 0.151. The lowest BCUT2D eigenvalue weighted by atomic mass is 9.80. The third kappa shape index (κ3) is 3.63. The molecule has 0 radical (unpaired) electrons. The molecule has 2 bridgehead atoms. The number of imide groups is 1. The van der Waals surface area contributed by atoms with E-state index in [-0.39, 0.29) is 22.6 Å². The molecule has 0 unspecified atom stereocenters.